The second-order valence-electron chi connectivity index (χ2n) is 6.75. The number of rotatable bonds is 6. The van der Waals surface area contributed by atoms with Crippen molar-refractivity contribution >= 4 is 17.3 Å². The maximum Gasteiger partial charge on any atom is 0.334 e. The molecule has 7 nitrogen and oxygen atoms in total. The van der Waals surface area contributed by atoms with Crippen LogP contribution in [0.2, 0.25) is 5.15 Å². The van der Waals surface area contributed by atoms with Gasteiger partial charge in [-0.2, -0.15) is 0 Å². The van der Waals surface area contributed by atoms with Crippen LogP contribution in [0.1, 0.15) is 0 Å². The summed E-state index contributed by atoms with van der Waals surface area (Å²) in [6, 6.07) is 23.5. The van der Waals surface area contributed by atoms with Gasteiger partial charge in [0.25, 0.3) is 11.4 Å². The Balaban J connectivity index is 2.05. The fraction of sp³-hybridized carbons (Fsp3) is 0.0417. The van der Waals surface area contributed by atoms with Crippen LogP contribution in [0, 0.1) is 15.3 Å². The largest absolute Gasteiger partial charge is 0.617 e. The summed E-state index contributed by atoms with van der Waals surface area (Å²) in [6.07, 6.45) is 0. The molecular formula is C24H17ClN2O5. The molecule has 8 heteroatoms. The molecule has 4 rings (SSSR count). The van der Waals surface area contributed by atoms with Gasteiger partial charge in [0.15, 0.2) is 0 Å². The lowest BCUT2D eigenvalue weighted by atomic mass is 10.0. The summed E-state index contributed by atoms with van der Waals surface area (Å²) in [6.45, 7) is 0. The Labute approximate surface area is 188 Å². The molecule has 4 aromatic rings. The first-order chi connectivity index (χ1) is 15.5. The Morgan fingerprint density at radius 2 is 1.38 bits per heavy atom. The summed E-state index contributed by atoms with van der Waals surface area (Å²) >= 11 is 6.42. The van der Waals surface area contributed by atoms with Crippen LogP contribution in [0.4, 0.5) is 5.69 Å². The van der Waals surface area contributed by atoms with Crippen LogP contribution in [0.15, 0.2) is 84.9 Å². The molecule has 0 saturated heterocycles. The molecule has 0 amide bonds. The Morgan fingerprint density at radius 1 is 0.844 bits per heavy atom. The van der Waals surface area contributed by atoms with Gasteiger partial charge in [-0.15, -0.1) is 4.73 Å². The molecule has 3 aromatic carbocycles. The van der Waals surface area contributed by atoms with Gasteiger partial charge in [-0.1, -0.05) is 48.5 Å². The zero-order valence-electron chi connectivity index (χ0n) is 16.9. The van der Waals surface area contributed by atoms with E-state index in [1.54, 1.807) is 84.9 Å². The molecule has 0 atom stereocenters. The smallest absolute Gasteiger partial charge is 0.334 e. The van der Waals surface area contributed by atoms with Crippen LogP contribution >= 0.6 is 11.6 Å². The van der Waals surface area contributed by atoms with Crippen molar-refractivity contribution in [1.82, 2.24) is 0 Å². The van der Waals surface area contributed by atoms with Gasteiger partial charge in [-0.05, 0) is 53.6 Å². The third-order valence-corrected chi connectivity index (χ3v) is 5.17. The zero-order chi connectivity index (χ0) is 22.7. The average molecular weight is 449 g/mol. The van der Waals surface area contributed by atoms with E-state index in [2.05, 4.69) is 0 Å². The van der Waals surface area contributed by atoms with Gasteiger partial charge in [0.2, 0.25) is 0 Å². The van der Waals surface area contributed by atoms with Crippen molar-refractivity contribution in [3.05, 3.63) is 105 Å². The number of hydrogen-bond acceptors (Lipinski definition) is 5. The highest BCUT2D eigenvalue weighted by Gasteiger charge is 2.38. The monoisotopic (exact) mass is 448 g/mol. The number of hydrogen-bond donors (Lipinski definition) is 0. The molecule has 0 bridgehead atoms. The Kier molecular flexibility index (Phi) is 5.91. The lowest BCUT2D eigenvalue weighted by Crippen LogP contribution is -2.32. The van der Waals surface area contributed by atoms with E-state index < -0.39 is 10.6 Å². The predicted octanol–water partition coefficient (Wildman–Crippen LogP) is 6.02. The summed E-state index contributed by atoms with van der Waals surface area (Å²) < 4.78 is 11.6. The van der Waals surface area contributed by atoms with E-state index in [1.165, 1.54) is 7.11 Å². The second-order valence-corrected chi connectivity index (χ2v) is 7.11. The third kappa shape index (κ3) is 3.93. The highest BCUT2D eigenvalue weighted by atomic mass is 35.5. The summed E-state index contributed by atoms with van der Waals surface area (Å²) in [5.41, 5.74) is 0.375. The summed E-state index contributed by atoms with van der Waals surface area (Å²) in [5, 5.41) is 25.3. The van der Waals surface area contributed by atoms with Crippen molar-refractivity contribution in [2.75, 3.05) is 7.11 Å². The Bertz CT molecular complexity index is 1260. The molecule has 160 valence electrons. The molecule has 0 unspecified atom stereocenters. The number of halogens is 1. The molecule has 0 radical (unpaired) electrons. The zero-order valence-corrected chi connectivity index (χ0v) is 17.7. The van der Waals surface area contributed by atoms with Gasteiger partial charge in [0.1, 0.15) is 17.1 Å². The number of nitrogens with zero attached hydrogens (tertiary/aromatic N) is 2. The normalized spacial score (nSPS) is 10.6. The van der Waals surface area contributed by atoms with Gasteiger partial charge in [0, 0.05) is 0 Å². The Morgan fingerprint density at radius 3 is 1.91 bits per heavy atom. The summed E-state index contributed by atoms with van der Waals surface area (Å²) in [5.74, 6) is 0.687. The van der Waals surface area contributed by atoms with Gasteiger partial charge in [-0.3, -0.25) is 10.1 Å². The molecule has 1 heterocycles. The van der Waals surface area contributed by atoms with Gasteiger partial charge >= 0.3 is 10.8 Å². The number of benzene rings is 3. The van der Waals surface area contributed by atoms with Crippen molar-refractivity contribution in [3.63, 3.8) is 0 Å². The molecule has 0 spiro atoms. The highest BCUT2D eigenvalue weighted by Crippen LogP contribution is 2.47. The number of ether oxygens (including phenoxy) is 2. The van der Waals surface area contributed by atoms with E-state index >= 15 is 0 Å². The molecule has 0 fully saturated rings. The second kappa shape index (κ2) is 8.95. The van der Waals surface area contributed by atoms with E-state index in [0.29, 0.717) is 27.4 Å². The minimum absolute atomic E-state index is 0.0181. The van der Waals surface area contributed by atoms with Crippen molar-refractivity contribution in [3.8, 4) is 39.6 Å². The quantitative estimate of drug-likeness (QED) is 0.118. The highest BCUT2D eigenvalue weighted by molar-refractivity contribution is 6.32. The van der Waals surface area contributed by atoms with Crippen LogP contribution in [0.25, 0.3) is 22.4 Å². The first-order valence-electron chi connectivity index (χ1n) is 9.57. The van der Waals surface area contributed by atoms with Gasteiger partial charge < -0.3 is 14.7 Å². The average Bonchev–Trinajstić information content (AvgIpc) is 2.82. The molecule has 0 aliphatic carbocycles. The molecule has 32 heavy (non-hydrogen) atoms. The Hall–Kier alpha value is -4.10. The van der Waals surface area contributed by atoms with E-state index in [4.69, 9.17) is 21.1 Å². The predicted molar refractivity (Wildman–Crippen MR) is 121 cm³/mol. The number of nitro groups is 1. The topological polar surface area (TPSA) is 88.5 Å². The van der Waals surface area contributed by atoms with Crippen molar-refractivity contribution in [2.24, 2.45) is 0 Å². The van der Waals surface area contributed by atoms with Crippen molar-refractivity contribution in [1.29, 1.82) is 0 Å². The first kappa shape index (κ1) is 21.1. The van der Waals surface area contributed by atoms with Crippen molar-refractivity contribution < 1.29 is 19.1 Å². The summed E-state index contributed by atoms with van der Waals surface area (Å²) in [4.78, 5) is 11.7. The fourth-order valence-electron chi connectivity index (χ4n) is 3.35. The van der Waals surface area contributed by atoms with E-state index in [-0.39, 0.29) is 22.2 Å². The first-order valence-corrected chi connectivity index (χ1v) is 9.95. The fourth-order valence-corrected chi connectivity index (χ4v) is 3.64. The van der Waals surface area contributed by atoms with E-state index in [1.807, 2.05) is 0 Å². The number of aromatic nitrogens is 1. The maximum atomic E-state index is 13.3. The van der Waals surface area contributed by atoms with Gasteiger partial charge in [0.05, 0.1) is 17.6 Å². The van der Waals surface area contributed by atoms with Crippen LogP contribution in [-0.2, 0) is 0 Å². The molecular weight excluding hydrogens is 432 g/mol. The molecule has 0 N–H and O–H groups in total. The van der Waals surface area contributed by atoms with Crippen LogP contribution < -0.4 is 14.2 Å². The van der Waals surface area contributed by atoms with Crippen LogP contribution in [0.5, 0.6) is 17.2 Å². The number of methoxy groups -OCH3 is 1. The molecule has 1 aromatic heterocycles. The third-order valence-electron chi connectivity index (χ3n) is 4.83. The molecule has 0 aliphatic heterocycles. The maximum absolute atomic E-state index is 13.3. The minimum Gasteiger partial charge on any atom is -0.617 e. The SMILES string of the molecule is COc1ccc(Oc2c([N+](=O)[O-])c(-c3ccccc3)c(Cl)[n+]([O-])c2-c2ccccc2)cc1. The molecule has 0 aliphatic rings. The lowest BCUT2D eigenvalue weighted by molar-refractivity contribution is -0.591. The van der Waals surface area contributed by atoms with Gasteiger partial charge in [-0.25, -0.2) is 0 Å². The van der Waals surface area contributed by atoms with Crippen molar-refractivity contribution in [2.45, 2.75) is 0 Å². The van der Waals surface area contributed by atoms with Crippen LogP contribution in [0.3, 0.4) is 0 Å². The van der Waals surface area contributed by atoms with E-state index in [9.17, 15) is 15.3 Å². The lowest BCUT2D eigenvalue weighted by Gasteiger charge is -2.16. The standard InChI is InChI=1S/C24H17ClN2O5/c1-31-18-12-14-19(15-13-18)32-23-21(17-10-6-3-7-11-17)26(28)24(25)20(22(23)27(29)30)16-8-4-2-5-9-16/h2-15H,1H3. The van der Waals surface area contributed by atoms with E-state index in [0.717, 1.165) is 0 Å². The molecule has 0 saturated carbocycles. The van der Waals surface area contributed by atoms with Crippen LogP contribution in [-0.4, -0.2) is 12.0 Å². The summed E-state index contributed by atoms with van der Waals surface area (Å²) in [7, 11) is 1.53. The minimum atomic E-state index is -0.584. The number of pyridine rings is 1.